The maximum atomic E-state index is 12.7. The first kappa shape index (κ1) is 16.8. The summed E-state index contributed by atoms with van der Waals surface area (Å²) in [7, 11) is 0. The van der Waals surface area contributed by atoms with Gasteiger partial charge in [-0.2, -0.15) is 0 Å². The Balaban J connectivity index is 2.22. The number of aromatic amines is 1. The molecule has 3 aromatic rings. The van der Waals surface area contributed by atoms with E-state index < -0.39 is 11.2 Å². The molecule has 0 fully saturated rings. The van der Waals surface area contributed by atoms with E-state index in [1.165, 1.54) is 4.57 Å². The number of ether oxygens (including phenoxy) is 1. The number of pyridine rings is 2. The van der Waals surface area contributed by atoms with Gasteiger partial charge in [-0.05, 0) is 24.5 Å². The Bertz CT molecular complexity index is 1160. The molecule has 0 unspecified atom stereocenters. The van der Waals surface area contributed by atoms with Crippen LogP contribution in [0.2, 0.25) is 5.15 Å². The van der Waals surface area contributed by atoms with Crippen molar-refractivity contribution in [2.75, 3.05) is 6.61 Å². The van der Waals surface area contributed by atoms with Gasteiger partial charge in [0.2, 0.25) is 0 Å². The van der Waals surface area contributed by atoms with E-state index >= 15 is 0 Å². The lowest BCUT2D eigenvalue weighted by molar-refractivity contribution is 0.360. The van der Waals surface area contributed by atoms with Crippen molar-refractivity contribution < 1.29 is 4.74 Å². The summed E-state index contributed by atoms with van der Waals surface area (Å²) in [6.07, 6.45) is 2.28. The van der Waals surface area contributed by atoms with Crippen LogP contribution in [0.1, 0.15) is 36.6 Å². The molecule has 0 bridgehead atoms. The predicted molar refractivity (Wildman–Crippen MR) is 98.8 cm³/mol. The van der Waals surface area contributed by atoms with E-state index in [-0.39, 0.29) is 22.1 Å². The molecule has 0 spiro atoms. The van der Waals surface area contributed by atoms with Crippen LogP contribution in [0.25, 0.3) is 16.7 Å². The second-order valence-corrected chi connectivity index (χ2v) is 6.98. The number of fused-ring (bicyclic) bond motifs is 3. The number of H-pyrrole nitrogens is 1. The van der Waals surface area contributed by atoms with Crippen molar-refractivity contribution in [3.63, 3.8) is 0 Å². The van der Waals surface area contributed by atoms with Crippen molar-refractivity contribution >= 4 is 22.6 Å². The molecule has 4 rings (SSSR count). The largest absolute Gasteiger partial charge is 0.492 e. The molecule has 0 atom stereocenters. The average molecular weight is 373 g/mol. The third-order valence-corrected chi connectivity index (χ3v) is 4.88. The maximum absolute atomic E-state index is 12.7. The van der Waals surface area contributed by atoms with Crippen LogP contribution in [0.4, 0.5) is 0 Å². The molecule has 1 aliphatic rings. The fourth-order valence-corrected chi connectivity index (χ4v) is 3.62. The van der Waals surface area contributed by atoms with Gasteiger partial charge in [-0.25, -0.2) is 14.3 Å². The molecule has 134 valence electrons. The summed E-state index contributed by atoms with van der Waals surface area (Å²) in [5, 5.41) is 0.482. The Morgan fingerprint density at radius 1 is 1.35 bits per heavy atom. The van der Waals surface area contributed by atoms with Crippen LogP contribution in [0, 0.1) is 6.92 Å². The highest BCUT2D eigenvalue weighted by Gasteiger charge is 2.26. The molecule has 0 saturated carbocycles. The molecule has 1 aliphatic heterocycles. The molecule has 0 amide bonds. The minimum Gasteiger partial charge on any atom is -0.492 e. The number of hydrogen-bond donors (Lipinski definition) is 1. The maximum Gasteiger partial charge on any atom is 0.334 e. The molecular formula is C18H17ClN4O3. The van der Waals surface area contributed by atoms with Crippen LogP contribution in [0.5, 0.6) is 5.75 Å². The smallest absolute Gasteiger partial charge is 0.334 e. The van der Waals surface area contributed by atoms with Crippen LogP contribution >= 0.6 is 11.6 Å². The highest BCUT2D eigenvalue weighted by atomic mass is 35.5. The zero-order valence-corrected chi connectivity index (χ0v) is 15.3. The summed E-state index contributed by atoms with van der Waals surface area (Å²) < 4.78 is 7.01. The fraction of sp³-hybridized carbons (Fsp3) is 0.333. The summed E-state index contributed by atoms with van der Waals surface area (Å²) in [5.74, 6) is 0.475. The highest BCUT2D eigenvalue weighted by Crippen LogP contribution is 2.36. The Labute approximate surface area is 153 Å². The lowest BCUT2D eigenvalue weighted by Gasteiger charge is -2.18. The van der Waals surface area contributed by atoms with Gasteiger partial charge < -0.3 is 4.74 Å². The quantitative estimate of drug-likeness (QED) is 0.698. The summed E-state index contributed by atoms with van der Waals surface area (Å²) in [5.41, 5.74) is 1.95. The molecule has 1 N–H and O–H groups in total. The minimum absolute atomic E-state index is 0.0694. The van der Waals surface area contributed by atoms with E-state index in [0.717, 1.165) is 11.3 Å². The Morgan fingerprint density at radius 3 is 2.85 bits per heavy atom. The zero-order valence-electron chi connectivity index (χ0n) is 14.6. The molecule has 8 heteroatoms. The lowest BCUT2D eigenvalue weighted by atomic mass is 10.0. The number of nitrogens with zero attached hydrogens (tertiary/aromatic N) is 3. The normalized spacial score (nSPS) is 13.3. The van der Waals surface area contributed by atoms with E-state index in [9.17, 15) is 9.59 Å². The summed E-state index contributed by atoms with van der Waals surface area (Å²) in [4.78, 5) is 36.5. The molecule has 3 aromatic heterocycles. The topological polar surface area (TPSA) is 89.9 Å². The molecule has 7 nitrogen and oxygen atoms in total. The van der Waals surface area contributed by atoms with Crippen LogP contribution in [0.3, 0.4) is 0 Å². The van der Waals surface area contributed by atoms with Crippen LogP contribution in [0.15, 0.2) is 21.9 Å². The van der Waals surface area contributed by atoms with E-state index in [1.54, 1.807) is 6.20 Å². The van der Waals surface area contributed by atoms with Crippen molar-refractivity contribution in [1.29, 1.82) is 0 Å². The van der Waals surface area contributed by atoms with E-state index in [1.807, 2.05) is 26.8 Å². The first-order chi connectivity index (χ1) is 12.4. The summed E-state index contributed by atoms with van der Waals surface area (Å²) in [6, 6.07) is 1.82. The van der Waals surface area contributed by atoms with Gasteiger partial charge >= 0.3 is 5.69 Å². The molecule has 0 saturated heterocycles. The third kappa shape index (κ3) is 2.34. The Morgan fingerprint density at radius 2 is 2.12 bits per heavy atom. The van der Waals surface area contributed by atoms with Gasteiger partial charge in [-0.15, -0.1) is 0 Å². The molecule has 0 aromatic carbocycles. The van der Waals surface area contributed by atoms with E-state index in [4.69, 9.17) is 16.3 Å². The van der Waals surface area contributed by atoms with Gasteiger partial charge in [0, 0.05) is 18.2 Å². The molecule has 26 heavy (non-hydrogen) atoms. The number of hydrogen-bond acceptors (Lipinski definition) is 5. The van der Waals surface area contributed by atoms with Crippen LogP contribution in [-0.2, 0) is 6.42 Å². The predicted octanol–water partition coefficient (Wildman–Crippen LogP) is 2.49. The molecule has 0 aliphatic carbocycles. The van der Waals surface area contributed by atoms with Gasteiger partial charge in [0.15, 0.2) is 5.65 Å². The van der Waals surface area contributed by atoms with Crippen molar-refractivity contribution in [1.82, 2.24) is 19.5 Å². The van der Waals surface area contributed by atoms with Crippen molar-refractivity contribution in [2.24, 2.45) is 0 Å². The number of aryl methyl sites for hydroxylation is 1. The lowest BCUT2D eigenvalue weighted by Crippen LogP contribution is -2.31. The summed E-state index contributed by atoms with van der Waals surface area (Å²) in [6.45, 7) is 6.30. The first-order valence-electron chi connectivity index (χ1n) is 8.36. The van der Waals surface area contributed by atoms with Crippen LogP contribution < -0.4 is 16.0 Å². The standard InChI is InChI=1S/C18H17ClN4O3/c1-8(2)12-13(9(3)4-6-20-12)23-16-11(17(24)22-18(23)25)14-10(5-7-26-14)15(19)21-16/h4,6,8H,5,7H2,1-3H3,(H,22,24,25). The van der Waals surface area contributed by atoms with Gasteiger partial charge in [0.05, 0.1) is 18.0 Å². The Hall–Kier alpha value is -2.67. The van der Waals surface area contributed by atoms with Gasteiger partial charge in [-0.3, -0.25) is 14.8 Å². The van der Waals surface area contributed by atoms with Crippen molar-refractivity contribution in [3.05, 3.63) is 55.1 Å². The van der Waals surface area contributed by atoms with E-state index in [2.05, 4.69) is 15.0 Å². The number of rotatable bonds is 2. The van der Waals surface area contributed by atoms with Gasteiger partial charge in [-0.1, -0.05) is 25.4 Å². The second kappa shape index (κ2) is 5.95. The number of halogens is 1. The average Bonchev–Trinajstić information content (AvgIpc) is 3.05. The molecular weight excluding hydrogens is 356 g/mol. The van der Waals surface area contributed by atoms with Gasteiger partial charge in [0.1, 0.15) is 16.3 Å². The van der Waals surface area contributed by atoms with Crippen LogP contribution in [-0.4, -0.2) is 26.1 Å². The van der Waals surface area contributed by atoms with Crippen molar-refractivity contribution in [2.45, 2.75) is 33.1 Å². The molecule has 4 heterocycles. The fourth-order valence-electron chi connectivity index (χ4n) is 3.36. The molecule has 0 radical (unpaired) electrons. The Kier molecular flexibility index (Phi) is 3.84. The first-order valence-corrected chi connectivity index (χ1v) is 8.74. The third-order valence-electron chi connectivity index (χ3n) is 4.56. The monoisotopic (exact) mass is 372 g/mol. The SMILES string of the molecule is Cc1ccnc(C(C)C)c1-n1c(=O)[nH]c(=O)c2c3c(c(Cl)nc21)CCO3. The highest BCUT2D eigenvalue weighted by molar-refractivity contribution is 6.31. The van der Waals surface area contributed by atoms with E-state index in [0.29, 0.717) is 30.0 Å². The van der Waals surface area contributed by atoms with Gasteiger partial charge in [0.25, 0.3) is 5.56 Å². The number of aromatic nitrogens is 4. The zero-order chi connectivity index (χ0) is 18.6. The second-order valence-electron chi connectivity index (χ2n) is 6.62. The van der Waals surface area contributed by atoms with Crippen molar-refractivity contribution in [3.8, 4) is 11.4 Å². The summed E-state index contributed by atoms with van der Waals surface area (Å²) >= 11 is 6.32. The minimum atomic E-state index is -0.581. The number of nitrogens with one attached hydrogen (secondary N) is 1.